The SMILES string of the molecule is C[C@@H]1CCC[C@H](C)N1C(=O)CC(c1ccccc1)c1ccccc1. The van der Waals surface area contributed by atoms with Gasteiger partial charge in [0, 0.05) is 24.4 Å². The van der Waals surface area contributed by atoms with Crippen LogP contribution >= 0.6 is 0 Å². The third-order valence-electron chi connectivity index (χ3n) is 5.26. The number of amides is 1. The van der Waals surface area contributed by atoms with E-state index in [-0.39, 0.29) is 11.8 Å². The molecule has 1 heterocycles. The summed E-state index contributed by atoms with van der Waals surface area (Å²) in [5.41, 5.74) is 2.43. The van der Waals surface area contributed by atoms with Crippen LogP contribution in [0.2, 0.25) is 0 Å². The van der Waals surface area contributed by atoms with E-state index < -0.39 is 0 Å². The number of rotatable bonds is 4. The molecule has 1 aliphatic heterocycles. The Morgan fingerprint density at radius 2 is 1.38 bits per heavy atom. The minimum atomic E-state index is 0.126. The highest BCUT2D eigenvalue weighted by atomic mass is 16.2. The van der Waals surface area contributed by atoms with Gasteiger partial charge in [0.2, 0.25) is 5.91 Å². The molecule has 2 nitrogen and oxygen atoms in total. The van der Waals surface area contributed by atoms with E-state index in [1.54, 1.807) is 0 Å². The van der Waals surface area contributed by atoms with Crippen molar-refractivity contribution in [3.05, 3.63) is 71.8 Å². The Bertz CT molecular complexity index is 603. The summed E-state index contributed by atoms with van der Waals surface area (Å²) in [6, 6.07) is 21.5. The Hall–Kier alpha value is -2.09. The van der Waals surface area contributed by atoms with Crippen molar-refractivity contribution in [3.8, 4) is 0 Å². The Morgan fingerprint density at radius 1 is 0.917 bits per heavy atom. The van der Waals surface area contributed by atoms with Gasteiger partial charge >= 0.3 is 0 Å². The van der Waals surface area contributed by atoms with Crippen LogP contribution in [0, 0.1) is 0 Å². The summed E-state index contributed by atoms with van der Waals surface area (Å²) in [4.78, 5) is 15.2. The Kier molecular flexibility index (Phi) is 5.34. The zero-order valence-electron chi connectivity index (χ0n) is 14.7. The quantitative estimate of drug-likeness (QED) is 0.776. The second-order valence-corrected chi connectivity index (χ2v) is 7.01. The molecule has 0 N–H and O–H groups in total. The lowest BCUT2D eigenvalue weighted by Gasteiger charge is -2.40. The predicted molar refractivity (Wildman–Crippen MR) is 99.0 cm³/mol. The topological polar surface area (TPSA) is 20.3 Å². The van der Waals surface area contributed by atoms with Crippen molar-refractivity contribution in [2.75, 3.05) is 0 Å². The smallest absolute Gasteiger partial charge is 0.224 e. The molecule has 0 aliphatic carbocycles. The van der Waals surface area contributed by atoms with Gasteiger partial charge < -0.3 is 4.90 Å². The van der Waals surface area contributed by atoms with E-state index in [9.17, 15) is 4.79 Å². The minimum absolute atomic E-state index is 0.126. The summed E-state index contributed by atoms with van der Waals surface area (Å²) >= 11 is 0. The second-order valence-electron chi connectivity index (χ2n) is 7.01. The fourth-order valence-corrected chi connectivity index (χ4v) is 3.99. The van der Waals surface area contributed by atoms with Crippen molar-refractivity contribution in [2.45, 2.75) is 57.5 Å². The first-order valence-corrected chi connectivity index (χ1v) is 9.08. The van der Waals surface area contributed by atoms with Crippen molar-refractivity contribution >= 4 is 5.91 Å². The molecule has 1 fully saturated rings. The van der Waals surface area contributed by atoms with Gasteiger partial charge in [-0.25, -0.2) is 0 Å². The standard InChI is InChI=1S/C22H27NO/c1-17-10-9-11-18(2)23(17)22(24)16-21(19-12-5-3-6-13-19)20-14-7-4-8-15-20/h3-8,12-15,17-18,21H,9-11,16H2,1-2H3/t17-,18+. The average molecular weight is 321 g/mol. The van der Waals surface area contributed by atoms with E-state index in [4.69, 9.17) is 0 Å². The first-order chi connectivity index (χ1) is 11.7. The molecule has 3 rings (SSSR count). The molecule has 0 saturated carbocycles. The molecule has 2 atom stereocenters. The predicted octanol–water partition coefficient (Wildman–Crippen LogP) is 5.00. The normalized spacial score (nSPS) is 21.0. The first kappa shape index (κ1) is 16.8. The number of carbonyl (C=O) groups is 1. The average Bonchev–Trinajstić information content (AvgIpc) is 2.61. The number of piperidine rings is 1. The molecular weight excluding hydrogens is 294 g/mol. The fourth-order valence-electron chi connectivity index (χ4n) is 3.99. The molecule has 0 spiro atoms. The molecule has 24 heavy (non-hydrogen) atoms. The molecule has 0 radical (unpaired) electrons. The van der Waals surface area contributed by atoms with E-state index >= 15 is 0 Å². The monoisotopic (exact) mass is 321 g/mol. The van der Waals surface area contributed by atoms with E-state index in [1.165, 1.54) is 17.5 Å². The van der Waals surface area contributed by atoms with Gasteiger partial charge in [-0.3, -0.25) is 4.79 Å². The Morgan fingerprint density at radius 3 is 1.83 bits per heavy atom. The van der Waals surface area contributed by atoms with Crippen LogP contribution < -0.4 is 0 Å². The summed E-state index contributed by atoms with van der Waals surface area (Å²) in [6.07, 6.45) is 4.02. The van der Waals surface area contributed by atoms with E-state index in [0.29, 0.717) is 18.5 Å². The van der Waals surface area contributed by atoms with Crippen molar-refractivity contribution in [1.29, 1.82) is 0 Å². The second kappa shape index (κ2) is 7.65. The molecule has 126 valence electrons. The van der Waals surface area contributed by atoms with Gasteiger partial charge in [-0.15, -0.1) is 0 Å². The largest absolute Gasteiger partial charge is 0.337 e. The summed E-state index contributed by atoms with van der Waals surface area (Å²) in [5, 5.41) is 0. The summed E-state index contributed by atoms with van der Waals surface area (Å²) < 4.78 is 0. The molecule has 2 aromatic carbocycles. The van der Waals surface area contributed by atoms with Gasteiger partial charge in [0.1, 0.15) is 0 Å². The van der Waals surface area contributed by atoms with Crippen LogP contribution in [0.4, 0.5) is 0 Å². The molecular formula is C22H27NO. The number of benzene rings is 2. The Balaban J connectivity index is 1.85. The lowest BCUT2D eigenvalue weighted by atomic mass is 9.87. The third-order valence-corrected chi connectivity index (χ3v) is 5.26. The number of hydrogen-bond acceptors (Lipinski definition) is 1. The molecule has 2 heteroatoms. The molecule has 1 amide bonds. The highest BCUT2D eigenvalue weighted by molar-refractivity contribution is 5.78. The molecule has 0 bridgehead atoms. The number of carbonyl (C=O) groups excluding carboxylic acids is 1. The van der Waals surface area contributed by atoms with Gasteiger partial charge in [-0.2, -0.15) is 0 Å². The van der Waals surface area contributed by atoms with Crippen LogP contribution in [0.5, 0.6) is 0 Å². The fraction of sp³-hybridized carbons (Fsp3) is 0.409. The van der Waals surface area contributed by atoms with Crippen LogP contribution in [0.25, 0.3) is 0 Å². The van der Waals surface area contributed by atoms with Crippen molar-refractivity contribution in [1.82, 2.24) is 4.90 Å². The summed E-state index contributed by atoms with van der Waals surface area (Å²) in [7, 11) is 0. The molecule has 0 aromatic heterocycles. The van der Waals surface area contributed by atoms with Crippen molar-refractivity contribution < 1.29 is 4.79 Å². The lowest BCUT2D eigenvalue weighted by molar-refractivity contribution is -0.137. The van der Waals surface area contributed by atoms with Crippen molar-refractivity contribution in [3.63, 3.8) is 0 Å². The number of likely N-dealkylation sites (tertiary alicyclic amines) is 1. The number of nitrogens with zero attached hydrogens (tertiary/aromatic N) is 1. The van der Waals surface area contributed by atoms with Gasteiger partial charge in [0.05, 0.1) is 0 Å². The third kappa shape index (κ3) is 3.69. The summed E-state index contributed by atoms with van der Waals surface area (Å²) in [5.74, 6) is 0.411. The summed E-state index contributed by atoms with van der Waals surface area (Å²) in [6.45, 7) is 4.38. The Labute approximate surface area is 145 Å². The van der Waals surface area contributed by atoms with E-state index in [0.717, 1.165) is 12.8 Å². The van der Waals surface area contributed by atoms with E-state index in [1.807, 2.05) is 12.1 Å². The zero-order chi connectivity index (χ0) is 16.9. The zero-order valence-corrected chi connectivity index (χ0v) is 14.7. The van der Waals surface area contributed by atoms with E-state index in [2.05, 4.69) is 67.3 Å². The number of hydrogen-bond donors (Lipinski definition) is 0. The van der Waals surface area contributed by atoms with Crippen LogP contribution in [0.1, 0.15) is 56.6 Å². The first-order valence-electron chi connectivity index (χ1n) is 9.08. The van der Waals surface area contributed by atoms with Crippen LogP contribution in [0.3, 0.4) is 0 Å². The lowest BCUT2D eigenvalue weighted by Crippen LogP contribution is -2.47. The molecule has 1 aliphatic rings. The molecule has 2 aromatic rings. The minimum Gasteiger partial charge on any atom is -0.337 e. The van der Waals surface area contributed by atoms with Gasteiger partial charge in [0.25, 0.3) is 0 Å². The van der Waals surface area contributed by atoms with Gasteiger partial charge in [-0.05, 0) is 44.2 Å². The highest BCUT2D eigenvalue weighted by Gasteiger charge is 2.30. The van der Waals surface area contributed by atoms with Crippen LogP contribution in [-0.4, -0.2) is 22.9 Å². The van der Waals surface area contributed by atoms with Gasteiger partial charge in [0.15, 0.2) is 0 Å². The van der Waals surface area contributed by atoms with Crippen molar-refractivity contribution in [2.24, 2.45) is 0 Å². The van der Waals surface area contributed by atoms with Crippen LogP contribution in [0.15, 0.2) is 60.7 Å². The maximum absolute atomic E-state index is 13.1. The highest BCUT2D eigenvalue weighted by Crippen LogP contribution is 2.31. The maximum Gasteiger partial charge on any atom is 0.224 e. The van der Waals surface area contributed by atoms with Crippen LogP contribution in [-0.2, 0) is 4.79 Å². The molecule has 1 saturated heterocycles. The van der Waals surface area contributed by atoms with Gasteiger partial charge in [-0.1, -0.05) is 60.7 Å². The molecule has 0 unspecified atom stereocenters. The maximum atomic E-state index is 13.1.